The lowest BCUT2D eigenvalue weighted by molar-refractivity contribution is -0.126. The van der Waals surface area contributed by atoms with E-state index in [-0.39, 0.29) is 22.8 Å². The minimum atomic E-state index is -3.63. The van der Waals surface area contributed by atoms with E-state index in [0.29, 0.717) is 44.0 Å². The van der Waals surface area contributed by atoms with E-state index < -0.39 is 16.1 Å². The molecule has 158 valence electrons. The molecule has 9 heteroatoms. The van der Waals surface area contributed by atoms with E-state index in [1.54, 1.807) is 12.1 Å². The van der Waals surface area contributed by atoms with Crippen LogP contribution >= 0.6 is 0 Å². The summed E-state index contributed by atoms with van der Waals surface area (Å²) in [7, 11) is -3.63. The lowest BCUT2D eigenvalue weighted by Gasteiger charge is -2.26. The third kappa shape index (κ3) is 3.91. The van der Waals surface area contributed by atoms with Crippen LogP contribution in [0.1, 0.15) is 38.2 Å². The van der Waals surface area contributed by atoms with Gasteiger partial charge in [0.1, 0.15) is 6.04 Å². The van der Waals surface area contributed by atoms with E-state index in [2.05, 4.69) is 5.32 Å². The van der Waals surface area contributed by atoms with Gasteiger partial charge in [-0.05, 0) is 36.6 Å². The SMILES string of the molecule is CC(=O)N1c2ccc(S(=O)(=O)N3CCOCC3)cc2CC1C(=O)NC1CCCC1. The van der Waals surface area contributed by atoms with Gasteiger partial charge < -0.3 is 10.1 Å². The Balaban J connectivity index is 1.59. The average molecular weight is 422 g/mol. The summed E-state index contributed by atoms with van der Waals surface area (Å²) < 4.78 is 32.6. The van der Waals surface area contributed by atoms with Crippen LogP contribution < -0.4 is 10.2 Å². The molecule has 1 saturated heterocycles. The van der Waals surface area contributed by atoms with Crippen LogP contribution in [0.15, 0.2) is 23.1 Å². The Bertz CT molecular complexity index is 905. The molecule has 2 fully saturated rings. The number of hydrogen-bond donors (Lipinski definition) is 1. The number of anilines is 1. The summed E-state index contributed by atoms with van der Waals surface area (Å²) in [6.07, 6.45) is 4.46. The van der Waals surface area contributed by atoms with Crippen molar-refractivity contribution >= 4 is 27.5 Å². The van der Waals surface area contributed by atoms with Crippen LogP contribution in [-0.2, 0) is 30.8 Å². The maximum absolute atomic E-state index is 13.0. The normalized spacial score (nSPS) is 23.2. The summed E-state index contributed by atoms with van der Waals surface area (Å²) >= 11 is 0. The molecule has 1 aromatic carbocycles. The number of nitrogens with zero attached hydrogens (tertiary/aromatic N) is 2. The summed E-state index contributed by atoms with van der Waals surface area (Å²) in [5.74, 6) is -0.389. The predicted molar refractivity (Wildman–Crippen MR) is 107 cm³/mol. The minimum Gasteiger partial charge on any atom is -0.379 e. The fraction of sp³-hybridized carbons (Fsp3) is 0.600. The Morgan fingerprint density at radius 1 is 1.14 bits per heavy atom. The fourth-order valence-corrected chi connectivity index (χ4v) is 5.95. The summed E-state index contributed by atoms with van der Waals surface area (Å²) in [5, 5.41) is 3.06. The third-order valence-electron chi connectivity index (χ3n) is 5.99. The highest BCUT2D eigenvalue weighted by molar-refractivity contribution is 7.89. The number of benzene rings is 1. The van der Waals surface area contributed by atoms with E-state index in [1.807, 2.05) is 0 Å². The van der Waals surface area contributed by atoms with Gasteiger partial charge in [-0.3, -0.25) is 14.5 Å². The van der Waals surface area contributed by atoms with Gasteiger partial charge in [0.25, 0.3) is 0 Å². The van der Waals surface area contributed by atoms with E-state index in [9.17, 15) is 18.0 Å². The molecule has 1 saturated carbocycles. The van der Waals surface area contributed by atoms with Crippen molar-refractivity contribution in [2.24, 2.45) is 0 Å². The number of nitrogens with one attached hydrogen (secondary N) is 1. The number of rotatable bonds is 4. The van der Waals surface area contributed by atoms with Gasteiger partial charge in [0.15, 0.2) is 0 Å². The van der Waals surface area contributed by atoms with Crippen molar-refractivity contribution in [1.82, 2.24) is 9.62 Å². The Labute approximate surface area is 171 Å². The predicted octanol–water partition coefficient (Wildman–Crippen LogP) is 1.04. The van der Waals surface area contributed by atoms with Gasteiger partial charge in [-0.2, -0.15) is 4.31 Å². The number of amides is 2. The zero-order valence-electron chi connectivity index (χ0n) is 16.6. The quantitative estimate of drug-likeness (QED) is 0.784. The van der Waals surface area contributed by atoms with Crippen LogP contribution in [0.3, 0.4) is 0 Å². The molecule has 8 nitrogen and oxygen atoms in total. The van der Waals surface area contributed by atoms with Gasteiger partial charge in [-0.1, -0.05) is 12.8 Å². The molecule has 1 aromatic rings. The number of sulfonamides is 1. The van der Waals surface area contributed by atoms with Gasteiger partial charge in [-0.25, -0.2) is 8.42 Å². The summed E-state index contributed by atoms with van der Waals surface area (Å²) in [5.41, 5.74) is 1.33. The summed E-state index contributed by atoms with van der Waals surface area (Å²) in [6.45, 7) is 2.84. The zero-order chi connectivity index (χ0) is 20.6. The molecule has 2 heterocycles. The number of carbonyl (C=O) groups excluding carboxylic acids is 2. The van der Waals surface area contributed by atoms with Crippen molar-refractivity contribution in [1.29, 1.82) is 0 Å². The Morgan fingerprint density at radius 3 is 2.48 bits per heavy atom. The molecule has 3 aliphatic rings. The molecule has 1 N–H and O–H groups in total. The lowest BCUT2D eigenvalue weighted by atomic mass is 10.1. The molecule has 29 heavy (non-hydrogen) atoms. The Kier molecular flexibility index (Phi) is 5.63. The maximum Gasteiger partial charge on any atom is 0.243 e. The standard InChI is InChI=1S/C20H27N3O5S/c1-14(24)23-18-7-6-17(29(26,27)22-8-10-28-11-9-22)12-15(18)13-19(23)20(25)21-16-4-2-3-5-16/h6-7,12,16,19H,2-5,8-11,13H2,1H3,(H,21,25). The molecule has 0 bridgehead atoms. The molecule has 2 aliphatic heterocycles. The van der Waals surface area contributed by atoms with Crippen LogP contribution in [0.2, 0.25) is 0 Å². The van der Waals surface area contributed by atoms with Crippen LogP contribution in [0.5, 0.6) is 0 Å². The van der Waals surface area contributed by atoms with Crippen molar-refractivity contribution < 1.29 is 22.7 Å². The Morgan fingerprint density at radius 2 is 1.83 bits per heavy atom. The van der Waals surface area contributed by atoms with Crippen molar-refractivity contribution in [3.05, 3.63) is 23.8 Å². The lowest BCUT2D eigenvalue weighted by Crippen LogP contribution is -2.49. The number of hydrogen-bond acceptors (Lipinski definition) is 5. The van der Waals surface area contributed by atoms with Crippen LogP contribution in [0.25, 0.3) is 0 Å². The molecular weight excluding hydrogens is 394 g/mol. The molecule has 1 unspecified atom stereocenters. The van der Waals surface area contributed by atoms with Crippen molar-refractivity contribution in [3.63, 3.8) is 0 Å². The van der Waals surface area contributed by atoms with Crippen molar-refractivity contribution in [2.75, 3.05) is 31.2 Å². The summed E-state index contributed by atoms with van der Waals surface area (Å²) in [4.78, 5) is 26.8. The van der Waals surface area contributed by atoms with E-state index in [4.69, 9.17) is 4.74 Å². The molecule has 0 spiro atoms. The van der Waals surface area contributed by atoms with Gasteiger partial charge in [0.2, 0.25) is 21.8 Å². The second-order valence-corrected chi connectivity index (χ2v) is 9.84. The average Bonchev–Trinajstić information content (AvgIpc) is 3.35. The minimum absolute atomic E-state index is 0.164. The van der Waals surface area contributed by atoms with Gasteiger partial charge in [-0.15, -0.1) is 0 Å². The highest BCUT2D eigenvalue weighted by Gasteiger charge is 2.39. The van der Waals surface area contributed by atoms with E-state index in [1.165, 1.54) is 22.2 Å². The topological polar surface area (TPSA) is 96.0 Å². The number of morpholine rings is 1. The van der Waals surface area contributed by atoms with Crippen molar-refractivity contribution in [3.8, 4) is 0 Å². The number of fused-ring (bicyclic) bond motifs is 1. The first kappa shape index (κ1) is 20.3. The Hall–Kier alpha value is -1.97. The van der Waals surface area contributed by atoms with E-state index >= 15 is 0 Å². The molecular formula is C20H27N3O5S. The van der Waals surface area contributed by atoms with Crippen molar-refractivity contribution in [2.45, 2.75) is 56.0 Å². The van der Waals surface area contributed by atoms with Gasteiger partial charge in [0, 0.05) is 38.2 Å². The fourth-order valence-electron chi connectivity index (χ4n) is 4.49. The summed E-state index contributed by atoms with van der Waals surface area (Å²) in [6, 6.07) is 4.31. The number of carbonyl (C=O) groups is 2. The second-order valence-electron chi connectivity index (χ2n) is 7.91. The number of ether oxygens (including phenoxy) is 1. The molecule has 0 radical (unpaired) electrons. The zero-order valence-corrected chi connectivity index (χ0v) is 17.4. The molecule has 1 atom stereocenters. The van der Waals surface area contributed by atoms with Gasteiger partial charge >= 0.3 is 0 Å². The monoisotopic (exact) mass is 421 g/mol. The first-order valence-corrected chi connectivity index (χ1v) is 11.6. The smallest absolute Gasteiger partial charge is 0.243 e. The molecule has 2 amide bonds. The van der Waals surface area contributed by atoms with Crippen LogP contribution in [-0.4, -0.2) is 62.9 Å². The van der Waals surface area contributed by atoms with Crippen LogP contribution in [0.4, 0.5) is 5.69 Å². The van der Waals surface area contributed by atoms with E-state index in [0.717, 1.165) is 25.7 Å². The first-order chi connectivity index (χ1) is 13.9. The molecule has 1 aliphatic carbocycles. The third-order valence-corrected chi connectivity index (χ3v) is 7.88. The molecule has 4 rings (SSSR count). The largest absolute Gasteiger partial charge is 0.379 e. The second kappa shape index (κ2) is 8.04. The first-order valence-electron chi connectivity index (χ1n) is 10.2. The van der Waals surface area contributed by atoms with Gasteiger partial charge in [0.05, 0.1) is 18.1 Å². The highest BCUT2D eigenvalue weighted by atomic mass is 32.2. The molecule has 0 aromatic heterocycles. The maximum atomic E-state index is 13.0. The van der Waals surface area contributed by atoms with Crippen LogP contribution in [0, 0.1) is 0 Å². The highest BCUT2D eigenvalue weighted by Crippen LogP contribution is 2.35.